The largest absolute Gasteiger partial charge is 0.487 e. The van der Waals surface area contributed by atoms with E-state index in [4.69, 9.17) is 9.47 Å². The molecule has 5 heteroatoms. The van der Waals surface area contributed by atoms with Gasteiger partial charge < -0.3 is 9.47 Å². The first-order valence-corrected chi connectivity index (χ1v) is 8.30. The number of nitrogens with zero attached hydrogens (tertiary/aromatic N) is 1. The summed E-state index contributed by atoms with van der Waals surface area (Å²) in [6.45, 7) is 13.1. The average molecular weight is 311 g/mol. The number of ether oxygens (including phenoxy) is 2. The Morgan fingerprint density at radius 3 is 2.71 bits per heavy atom. The molecule has 1 aromatic rings. The van der Waals surface area contributed by atoms with Gasteiger partial charge in [0.1, 0.15) is 17.5 Å². The van der Waals surface area contributed by atoms with E-state index in [2.05, 4.69) is 19.2 Å². The van der Waals surface area contributed by atoms with Crippen molar-refractivity contribution in [1.82, 2.24) is 4.90 Å². The highest BCUT2D eigenvalue weighted by Gasteiger charge is 2.30. The van der Waals surface area contributed by atoms with Gasteiger partial charge in [0.15, 0.2) is 0 Å². The maximum atomic E-state index is 12.3. The van der Waals surface area contributed by atoms with Crippen molar-refractivity contribution >= 4 is 17.4 Å². The summed E-state index contributed by atoms with van der Waals surface area (Å²) in [7, 11) is 0. The second-order valence-corrected chi connectivity index (χ2v) is 7.85. The summed E-state index contributed by atoms with van der Waals surface area (Å²) < 4.78 is 11.5. The van der Waals surface area contributed by atoms with E-state index < -0.39 is 5.60 Å². The molecule has 0 spiro atoms. The topological polar surface area (TPSA) is 38.8 Å². The van der Waals surface area contributed by atoms with Crippen molar-refractivity contribution in [2.45, 2.75) is 65.7 Å². The van der Waals surface area contributed by atoms with Crippen LogP contribution in [0, 0.1) is 0 Å². The van der Waals surface area contributed by atoms with Crippen molar-refractivity contribution in [1.29, 1.82) is 0 Å². The molecular formula is C16H25NO3S. The van der Waals surface area contributed by atoms with Gasteiger partial charge >= 0.3 is 6.09 Å². The molecule has 2 heterocycles. The van der Waals surface area contributed by atoms with E-state index in [0.29, 0.717) is 19.0 Å². The molecule has 0 aromatic carbocycles. The van der Waals surface area contributed by atoms with Gasteiger partial charge in [-0.25, -0.2) is 4.79 Å². The minimum atomic E-state index is -0.477. The molecule has 1 aromatic heterocycles. The minimum absolute atomic E-state index is 0.0362. The molecule has 118 valence electrons. The smallest absolute Gasteiger partial charge is 0.410 e. The van der Waals surface area contributed by atoms with Crippen molar-refractivity contribution in [2.24, 2.45) is 0 Å². The first-order chi connectivity index (χ1) is 9.67. The quantitative estimate of drug-likeness (QED) is 0.772. The standard InChI is InChI=1S/C16H25NO3S/c1-10(2)12-9-21-13-8-17(7-11(3)19-14(12)13)15(18)20-16(4,5)6/h9-11H,7-8H2,1-6H3. The molecule has 2 rings (SSSR count). The Bertz CT molecular complexity index is 516. The summed E-state index contributed by atoms with van der Waals surface area (Å²) in [5.41, 5.74) is 0.752. The summed E-state index contributed by atoms with van der Waals surface area (Å²) in [5.74, 6) is 1.39. The molecule has 0 saturated heterocycles. The molecular weight excluding hydrogens is 286 g/mol. The van der Waals surface area contributed by atoms with Crippen LogP contribution in [0.1, 0.15) is 57.9 Å². The van der Waals surface area contributed by atoms with Crippen LogP contribution < -0.4 is 4.74 Å². The Morgan fingerprint density at radius 1 is 1.48 bits per heavy atom. The van der Waals surface area contributed by atoms with Gasteiger partial charge in [0.05, 0.1) is 18.0 Å². The Kier molecular flexibility index (Phi) is 4.51. The van der Waals surface area contributed by atoms with Gasteiger partial charge in [-0.1, -0.05) is 13.8 Å². The normalized spacial score (nSPS) is 19.0. The van der Waals surface area contributed by atoms with Crippen LogP contribution in [0.3, 0.4) is 0 Å². The first-order valence-electron chi connectivity index (χ1n) is 7.42. The molecule has 0 fully saturated rings. The fourth-order valence-electron chi connectivity index (χ4n) is 2.30. The van der Waals surface area contributed by atoms with Crippen molar-refractivity contribution in [3.63, 3.8) is 0 Å². The van der Waals surface area contributed by atoms with Gasteiger partial charge in [-0.2, -0.15) is 0 Å². The number of carbonyl (C=O) groups is 1. The third kappa shape index (κ3) is 3.90. The lowest BCUT2D eigenvalue weighted by molar-refractivity contribution is 0.0189. The molecule has 1 atom stereocenters. The van der Waals surface area contributed by atoms with E-state index in [1.807, 2.05) is 27.7 Å². The number of hydrogen-bond donors (Lipinski definition) is 0. The predicted molar refractivity (Wildman–Crippen MR) is 85.1 cm³/mol. The third-order valence-electron chi connectivity index (χ3n) is 3.25. The third-order valence-corrected chi connectivity index (χ3v) is 4.22. The second kappa shape index (κ2) is 5.87. The van der Waals surface area contributed by atoms with E-state index in [1.165, 1.54) is 5.56 Å². The number of fused-ring (bicyclic) bond motifs is 1. The summed E-state index contributed by atoms with van der Waals surface area (Å²) in [6, 6.07) is 0. The number of hydrogen-bond acceptors (Lipinski definition) is 4. The summed E-state index contributed by atoms with van der Waals surface area (Å²) in [6.07, 6.45) is -0.309. The number of rotatable bonds is 1. The molecule has 0 radical (unpaired) electrons. The summed E-state index contributed by atoms with van der Waals surface area (Å²) in [5, 5.41) is 2.14. The van der Waals surface area contributed by atoms with E-state index in [-0.39, 0.29) is 12.2 Å². The highest BCUT2D eigenvalue weighted by atomic mass is 32.1. The molecule has 1 amide bonds. The van der Waals surface area contributed by atoms with E-state index in [1.54, 1.807) is 16.2 Å². The van der Waals surface area contributed by atoms with Gasteiger partial charge in [0, 0.05) is 5.56 Å². The van der Waals surface area contributed by atoms with E-state index in [9.17, 15) is 4.79 Å². The van der Waals surface area contributed by atoms with Gasteiger partial charge in [-0.3, -0.25) is 4.90 Å². The lowest BCUT2D eigenvalue weighted by Gasteiger charge is -2.27. The van der Waals surface area contributed by atoms with Gasteiger partial charge in [0.2, 0.25) is 0 Å². The van der Waals surface area contributed by atoms with E-state index in [0.717, 1.165) is 10.6 Å². The van der Waals surface area contributed by atoms with Crippen LogP contribution in [0.2, 0.25) is 0 Å². The maximum Gasteiger partial charge on any atom is 0.410 e. The number of carbonyl (C=O) groups excluding carboxylic acids is 1. The van der Waals surface area contributed by atoms with Crippen molar-refractivity contribution in [3.8, 4) is 5.75 Å². The Hall–Kier alpha value is -1.23. The fourth-order valence-corrected chi connectivity index (χ4v) is 3.45. The highest BCUT2D eigenvalue weighted by Crippen LogP contribution is 2.38. The van der Waals surface area contributed by atoms with Crippen LogP contribution in [0.4, 0.5) is 4.79 Å². The molecule has 0 aliphatic carbocycles. The molecule has 0 N–H and O–H groups in total. The zero-order valence-corrected chi connectivity index (χ0v) is 14.5. The first kappa shape index (κ1) is 16.1. The summed E-state index contributed by atoms with van der Waals surface area (Å²) >= 11 is 1.66. The zero-order chi connectivity index (χ0) is 15.8. The van der Waals surface area contributed by atoms with E-state index >= 15 is 0 Å². The second-order valence-electron chi connectivity index (χ2n) is 6.89. The fraction of sp³-hybridized carbons (Fsp3) is 0.688. The maximum absolute atomic E-state index is 12.3. The van der Waals surface area contributed by atoms with Crippen LogP contribution in [0.5, 0.6) is 5.75 Å². The van der Waals surface area contributed by atoms with Crippen LogP contribution in [-0.4, -0.2) is 29.2 Å². The van der Waals surface area contributed by atoms with Crippen LogP contribution >= 0.6 is 11.3 Å². The zero-order valence-electron chi connectivity index (χ0n) is 13.7. The minimum Gasteiger partial charge on any atom is -0.487 e. The van der Waals surface area contributed by atoms with Crippen molar-refractivity contribution in [2.75, 3.05) is 6.54 Å². The molecule has 0 saturated carbocycles. The Balaban J connectivity index is 2.22. The lowest BCUT2D eigenvalue weighted by Crippen LogP contribution is -2.39. The van der Waals surface area contributed by atoms with Crippen molar-refractivity contribution in [3.05, 3.63) is 15.8 Å². The number of thiophene rings is 1. The highest BCUT2D eigenvalue weighted by molar-refractivity contribution is 7.10. The average Bonchev–Trinajstić information content (AvgIpc) is 2.61. The molecule has 1 aliphatic rings. The van der Waals surface area contributed by atoms with Crippen LogP contribution in [0.15, 0.2) is 5.38 Å². The Morgan fingerprint density at radius 2 is 2.14 bits per heavy atom. The molecule has 1 aliphatic heterocycles. The van der Waals surface area contributed by atoms with Crippen LogP contribution in [-0.2, 0) is 11.3 Å². The lowest BCUT2D eigenvalue weighted by atomic mass is 10.1. The molecule has 21 heavy (non-hydrogen) atoms. The van der Waals surface area contributed by atoms with Gasteiger partial charge in [-0.15, -0.1) is 11.3 Å². The SMILES string of the molecule is CC1CN(C(=O)OC(C)(C)C)Cc2scc(C(C)C)c2O1. The van der Waals surface area contributed by atoms with Gasteiger partial charge in [0.25, 0.3) is 0 Å². The predicted octanol–water partition coefficient (Wildman–Crippen LogP) is 4.39. The number of amides is 1. The molecule has 4 nitrogen and oxygen atoms in total. The van der Waals surface area contributed by atoms with Crippen LogP contribution in [0.25, 0.3) is 0 Å². The molecule has 1 unspecified atom stereocenters. The summed E-state index contributed by atoms with van der Waals surface area (Å²) in [4.78, 5) is 15.2. The molecule has 0 bridgehead atoms. The van der Waals surface area contributed by atoms with Gasteiger partial charge in [-0.05, 0) is 39.0 Å². The van der Waals surface area contributed by atoms with Crippen molar-refractivity contribution < 1.29 is 14.3 Å². The monoisotopic (exact) mass is 311 g/mol. The Labute approximate surface area is 131 Å².